The van der Waals surface area contributed by atoms with Crippen LogP contribution in [0.1, 0.15) is 27.2 Å². The lowest BCUT2D eigenvalue weighted by atomic mass is 10.0. The normalized spacial score (nSPS) is 45.2. The summed E-state index contributed by atoms with van der Waals surface area (Å²) in [5.74, 6) is -1.26. The second-order valence-corrected chi connectivity index (χ2v) is 4.34. The molecule has 0 aromatic rings. The predicted molar refractivity (Wildman–Crippen MR) is 49.8 cm³/mol. The van der Waals surface area contributed by atoms with Crippen LogP contribution in [0.3, 0.4) is 0 Å². The van der Waals surface area contributed by atoms with Crippen LogP contribution in [-0.2, 0) is 18.9 Å². The molecule has 0 bridgehead atoms. The van der Waals surface area contributed by atoms with Crippen molar-refractivity contribution in [3.8, 4) is 0 Å². The highest BCUT2D eigenvalue weighted by atomic mass is 17.0. The Bertz CT molecular complexity index is 249. The van der Waals surface area contributed by atoms with Crippen molar-refractivity contribution in [1.82, 2.24) is 0 Å². The van der Waals surface area contributed by atoms with Gasteiger partial charge in [0.2, 0.25) is 0 Å². The van der Waals surface area contributed by atoms with Gasteiger partial charge in [-0.2, -0.15) is 0 Å². The van der Waals surface area contributed by atoms with Gasteiger partial charge in [0.05, 0.1) is 0 Å². The summed E-state index contributed by atoms with van der Waals surface area (Å²) in [6.45, 7) is 6.03. The zero-order valence-electron chi connectivity index (χ0n) is 9.42. The van der Waals surface area contributed by atoms with E-state index < -0.39 is 11.6 Å². The zero-order chi connectivity index (χ0) is 10.6. The van der Waals surface area contributed by atoms with Gasteiger partial charge >= 0.3 is 0 Å². The van der Waals surface area contributed by atoms with E-state index in [4.69, 9.17) is 18.9 Å². The van der Waals surface area contributed by atoms with Gasteiger partial charge in [-0.25, -0.2) is 0 Å². The van der Waals surface area contributed by atoms with Gasteiger partial charge in [-0.3, -0.25) is 0 Å². The molecule has 2 fully saturated rings. The highest BCUT2D eigenvalue weighted by molar-refractivity contribution is 5.26. The maximum Gasteiger partial charge on any atom is 0.259 e. The maximum atomic E-state index is 5.64. The van der Waals surface area contributed by atoms with Crippen LogP contribution in [0.2, 0.25) is 0 Å². The highest BCUT2D eigenvalue weighted by Gasteiger charge is 2.93. The van der Waals surface area contributed by atoms with E-state index in [2.05, 4.69) is 0 Å². The molecule has 3 atom stereocenters. The first-order valence-electron chi connectivity index (χ1n) is 4.98. The van der Waals surface area contributed by atoms with Gasteiger partial charge in [0, 0.05) is 14.2 Å². The third-order valence-corrected chi connectivity index (χ3v) is 3.24. The van der Waals surface area contributed by atoms with Gasteiger partial charge in [-0.05, 0) is 20.3 Å². The van der Waals surface area contributed by atoms with Crippen LogP contribution < -0.4 is 0 Å². The van der Waals surface area contributed by atoms with Crippen LogP contribution in [0.15, 0.2) is 0 Å². The number of hydrogen-bond donors (Lipinski definition) is 0. The van der Waals surface area contributed by atoms with Gasteiger partial charge in [0.25, 0.3) is 11.6 Å². The molecule has 82 valence electrons. The molecular weight excluding hydrogens is 184 g/mol. The molecule has 0 saturated carbocycles. The third-order valence-electron chi connectivity index (χ3n) is 3.24. The van der Waals surface area contributed by atoms with Crippen LogP contribution in [0.5, 0.6) is 0 Å². The Morgan fingerprint density at radius 3 is 2.00 bits per heavy atom. The Morgan fingerprint density at radius 2 is 1.79 bits per heavy atom. The van der Waals surface area contributed by atoms with E-state index in [0.717, 1.165) is 6.42 Å². The molecule has 2 rings (SSSR count). The number of ether oxygens (including phenoxy) is 4. The number of rotatable bonds is 4. The molecule has 0 aromatic heterocycles. The van der Waals surface area contributed by atoms with Crippen molar-refractivity contribution in [2.24, 2.45) is 0 Å². The predicted octanol–water partition coefficient (Wildman–Crippen LogP) is 1.29. The second kappa shape index (κ2) is 2.70. The zero-order valence-corrected chi connectivity index (χ0v) is 9.42. The minimum atomic E-state index is -0.694. The maximum absolute atomic E-state index is 5.64. The summed E-state index contributed by atoms with van der Waals surface area (Å²) in [5, 5.41) is 0. The van der Waals surface area contributed by atoms with E-state index in [1.807, 2.05) is 20.8 Å². The summed E-state index contributed by atoms with van der Waals surface area (Å²) in [6.07, 6.45) is 0.764. The van der Waals surface area contributed by atoms with Gasteiger partial charge in [0.1, 0.15) is 11.7 Å². The Kier molecular flexibility index (Phi) is 2.00. The van der Waals surface area contributed by atoms with Crippen molar-refractivity contribution in [1.29, 1.82) is 0 Å². The van der Waals surface area contributed by atoms with E-state index in [9.17, 15) is 0 Å². The molecule has 2 heterocycles. The molecule has 0 radical (unpaired) electrons. The average molecular weight is 202 g/mol. The standard InChI is InChI=1S/C10H18O4/c1-6-7(11-4)9(12-5)10(14-9)8(2,3)13-10/h7H,6H2,1-5H3. The highest BCUT2D eigenvalue weighted by Crippen LogP contribution is 2.71. The Balaban J connectivity index is 2.17. The smallest absolute Gasteiger partial charge is 0.259 e. The lowest BCUT2D eigenvalue weighted by Gasteiger charge is -2.19. The van der Waals surface area contributed by atoms with Gasteiger partial charge < -0.3 is 18.9 Å². The fraction of sp³-hybridized carbons (Fsp3) is 1.00. The lowest BCUT2D eigenvalue weighted by molar-refractivity contribution is -0.115. The van der Waals surface area contributed by atoms with Crippen molar-refractivity contribution in [2.75, 3.05) is 14.2 Å². The first kappa shape index (κ1) is 10.4. The summed E-state index contributed by atoms with van der Waals surface area (Å²) < 4.78 is 22.0. The molecule has 0 aromatic carbocycles. The van der Waals surface area contributed by atoms with Crippen LogP contribution >= 0.6 is 0 Å². The minimum absolute atomic E-state index is 0.0747. The third kappa shape index (κ3) is 0.922. The molecule has 4 heteroatoms. The van der Waals surface area contributed by atoms with Crippen LogP contribution in [0.25, 0.3) is 0 Å². The Morgan fingerprint density at radius 1 is 1.21 bits per heavy atom. The molecule has 2 aliphatic heterocycles. The molecule has 0 aliphatic carbocycles. The average Bonchev–Trinajstić information content (AvgIpc) is 2.93. The molecule has 2 aliphatic rings. The lowest BCUT2D eigenvalue weighted by Crippen LogP contribution is -2.37. The van der Waals surface area contributed by atoms with E-state index in [-0.39, 0.29) is 11.7 Å². The molecule has 0 amide bonds. The van der Waals surface area contributed by atoms with Crippen LogP contribution in [0.4, 0.5) is 0 Å². The first-order chi connectivity index (χ1) is 6.49. The topological polar surface area (TPSA) is 43.5 Å². The van der Waals surface area contributed by atoms with Crippen LogP contribution in [0, 0.1) is 0 Å². The quantitative estimate of drug-likeness (QED) is 0.644. The van der Waals surface area contributed by atoms with E-state index in [1.165, 1.54) is 0 Å². The van der Waals surface area contributed by atoms with Crippen molar-refractivity contribution in [3.63, 3.8) is 0 Å². The summed E-state index contributed by atoms with van der Waals surface area (Å²) in [7, 11) is 3.30. The first-order valence-corrected chi connectivity index (χ1v) is 4.98. The molecule has 14 heavy (non-hydrogen) atoms. The van der Waals surface area contributed by atoms with Gasteiger partial charge in [-0.15, -0.1) is 0 Å². The summed E-state index contributed by atoms with van der Waals surface area (Å²) >= 11 is 0. The van der Waals surface area contributed by atoms with E-state index >= 15 is 0 Å². The van der Waals surface area contributed by atoms with Gasteiger partial charge in [0.15, 0.2) is 0 Å². The number of methoxy groups -OCH3 is 2. The van der Waals surface area contributed by atoms with Crippen LogP contribution in [-0.4, -0.2) is 37.5 Å². The molecule has 1 spiro atoms. The summed E-state index contributed by atoms with van der Waals surface area (Å²) in [6, 6.07) is 0. The summed E-state index contributed by atoms with van der Waals surface area (Å²) in [4.78, 5) is 0. The molecular formula is C10H18O4. The van der Waals surface area contributed by atoms with Crippen molar-refractivity contribution < 1.29 is 18.9 Å². The monoisotopic (exact) mass is 202 g/mol. The fourth-order valence-corrected chi connectivity index (χ4v) is 2.33. The Labute approximate surface area is 84.5 Å². The SMILES string of the molecule is CCC(OC)C1(OC)OC12OC2(C)C. The fourth-order valence-electron chi connectivity index (χ4n) is 2.33. The molecule has 0 N–H and O–H groups in total. The van der Waals surface area contributed by atoms with Gasteiger partial charge in [-0.1, -0.05) is 6.92 Å². The number of hydrogen-bond acceptors (Lipinski definition) is 4. The van der Waals surface area contributed by atoms with Crippen molar-refractivity contribution in [2.45, 2.75) is 50.5 Å². The second-order valence-electron chi connectivity index (χ2n) is 4.34. The molecule has 4 nitrogen and oxygen atoms in total. The van der Waals surface area contributed by atoms with Crippen molar-refractivity contribution >= 4 is 0 Å². The number of epoxide rings is 2. The van der Waals surface area contributed by atoms with E-state index in [1.54, 1.807) is 14.2 Å². The largest absolute Gasteiger partial charge is 0.376 e. The minimum Gasteiger partial charge on any atom is -0.376 e. The van der Waals surface area contributed by atoms with E-state index in [0.29, 0.717) is 0 Å². The molecule has 3 unspecified atom stereocenters. The van der Waals surface area contributed by atoms with Crippen molar-refractivity contribution in [3.05, 3.63) is 0 Å². The summed E-state index contributed by atoms with van der Waals surface area (Å²) in [5.41, 5.74) is -0.255. The Hall–Kier alpha value is -0.160. The molecule has 2 saturated heterocycles.